The van der Waals surface area contributed by atoms with Crippen LogP contribution in [0.1, 0.15) is 26.7 Å². The van der Waals surface area contributed by atoms with Gasteiger partial charge in [-0.25, -0.2) is 5.01 Å². The number of rotatable bonds is 6. The van der Waals surface area contributed by atoms with Crippen LogP contribution in [0.15, 0.2) is 0 Å². The molecule has 3 N–H and O–H groups in total. The number of ether oxygens (including phenoxy) is 1. The summed E-state index contributed by atoms with van der Waals surface area (Å²) in [6, 6.07) is 0.406. The molecule has 90 valence electrons. The van der Waals surface area contributed by atoms with E-state index in [0.29, 0.717) is 18.5 Å². The highest BCUT2D eigenvalue weighted by molar-refractivity contribution is 4.74. The van der Waals surface area contributed by atoms with Crippen LogP contribution >= 0.6 is 0 Å². The summed E-state index contributed by atoms with van der Waals surface area (Å²) in [6.45, 7) is 8.79. The molecule has 0 radical (unpaired) electrons. The van der Waals surface area contributed by atoms with Crippen LogP contribution in [0.25, 0.3) is 0 Å². The topological polar surface area (TPSA) is 50.5 Å². The van der Waals surface area contributed by atoms with E-state index >= 15 is 0 Å². The van der Waals surface area contributed by atoms with Gasteiger partial charge in [0.2, 0.25) is 0 Å². The van der Waals surface area contributed by atoms with Crippen LogP contribution in [0.5, 0.6) is 0 Å². The van der Waals surface area contributed by atoms with Crippen molar-refractivity contribution in [1.82, 2.24) is 10.4 Å². The monoisotopic (exact) mass is 215 g/mol. The summed E-state index contributed by atoms with van der Waals surface area (Å²) >= 11 is 0. The molecule has 15 heavy (non-hydrogen) atoms. The summed E-state index contributed by atoms with van der Waals surface area (Å²) in [5, 5.41) is 2.24. The minimum atomic E-state index is 0.406. The number of nitrogens with two attached hydrogens (primary N) is 1. The van der Waals surface area contributed by atoms with Crippen molar-refractivity contribution in [3.05, 3.63) is 0 Å². The third kappa shape index (κ3) is 4.47. The average molecular weight is 215 g/mol. The van der Waals surface area contributed by atoms with Gasteiger partial charge < -0.3 is 10.5 Å². The number of hydrazine groups is 1. The largest absolute Gasteiger partial charge is 0.379 e. The van der Waals surface area contributed by atoms with Crippen molar-refractivity contribution in [3.8, 4) is 0 Å². The van der Waals surface area contributed by atoms with Gasteiger partial charge in [-0.1, -0.05) is 20.3 Å². The van der Waals surface area contributed by atoms with Crippen LogP contribution in [0.4, 0.5) is 0 Å². The molecule has 4 heteroatoms. The summed E-state index contributed by atoms with van der Waals surface area (Å²) in [6.07, 6.45) is 2.46. The van der Waals surface area contributed by atoms with Gasteiger partial charge in [0.1, 0.15) is 0 Å². The fraction of sp³-hybridized carbons (Fsp3) is 1.00. The normalized spacial score (nSPS) is 22.6. The van der Waals surface area contributed by atoms with Gasteiger partial charge >= 0.3 is 0 Å². The molecular weight excluding hydrogens is 190 g/mol. The first-order valence-corrected chi connectivity index (χ1v) is 6.06. The Kier molecular flexibility index (Phi) is 6.17. The molecule has 1 saturated heterocycles. The van der Waals surface area contributed by atoms with Crippen LogP contribution in [0.3, 0.4) is 0 Å². The van der Waals surface area contributed by atoms with E-state index in [0.717, 1.165) is 26.3 Å². The molecular formula is C11H25N3O. The summed E-state index contributed by atoms with van der Waals surface area (Å²) in [7, 11) is 0. The zero-order valence-corrected chi connectivity index (χ0v) is 10.0. The van der Waals surface area contributed by atoms with E-state index in [9.17, 15) is 0 Å². The zero-order valence-electron chi connectivity index (χ0n) is 10.0. The first-order chi connectivity index (χ1) is 7.27. The number of morpholine rings is 1. The van der Waals surface area contributed by atoms with Gasteiger partial charge in [0, 0.05) is 25.7 Å². The van der Waals surface area contributed by atoms with Crippen molar-refractivity contribution in [1.29, 1.82) is 0 Å². The maximum absolute atomic E-state index is 5.80. The second-order valence-electron chi connectivity index (χ2n) is 4.34. The molecule has 0 saturated carbocycles. The number of hydrogen-bond donors (Lipinski definition) is 2. The highest BCUT2D eigenvalue weighted by atomic mass is 16.5. The standard InChI is InChI=1S/C11H25N3O/c1-3-4-10(2)11(9-12)13-14-5-7-15-8-6-14/h10-11,13H,3-9,12H2,1-2H3. The molecule has 0 bridgehead atoms. The van der Waals surface area contributed by atoms with Crippen molar-refractivity contribution in [2.75, 3.05) is 32.8 Å². The lowest BCUT2D eigenvalue weighted by Crippen LogP contribution is -2.54. The quantitative estimate of drug-likeness (QED) is 0.681. The first kappa shape index (κ1) is 12.9. The Bertz CT molecular complexity index is 160. The lowest BCUT2D eigenvalue weighted by atomic mass is 9.97. The summed E-state index contributed by atoms with van der Waals surface area (Å²) < 4.78 is 5.31. The molecule has 0 aromatic heterocycles. The lowest BCUT2D eigenvalue weighted by molar-refractivity contribution is -0.000789. The SMILES string of the molecule is CCCC(C)C(CN)NN1CCOCC1. The second kappa shape index (κ2) is 7.17. The second-order valence-corrected chi connectivity index (χ2v) is 4.34. The zero-order chi connectivity index (χ0) is 11.1. The van der Waals surface area contributed by atoms with Crippen molar-refractivity contribution in [3.63, 3.8) is 0 Å². The third-order valence-corrected chi connectivity index (χ3v) is 3.04. The van der Waals surface area contributed by atoms with Gasteiger partial charge in [-0.2, -0.15) is 0 Å². The van der Waals surface area contributed by atoms with Crippen molar-refractivity contribution in [2.24, 2.45) is 11.7 Å². The summed E-state index contributed by atoms with van der Waals surface area (Å²) in [4.78, 5) is 0. The van der Waals surface area contributed by atoms with Gasteiger partial charge in [-0.05, 0) is 12.3 Å². The Balaban J connectivity index is 2.30. The molecule has 1 aliphatic rings. The van der Waals surface area contributed by atoms with E-state index < -0.39 is 0 Å². The Morgan fingerprint density at radius 2 is 2.07 bits per heavy atom. The third-order valence-electron chi connectivity index (χ3n) is 3.04. The summed E-state index contributed by atoms with van der Waals surface area (Å²) in [5.41, 5.74) is 9.32. The maximum Gasteiger partial charge on any atom is 0.0608 e. The van der Waals surface area contributed by atoms with Gasteiger partial charge in [0.15, 0.2) is 0 Å². The van der Waals surface area contributed by atoms with Crippen LogP contribution in [0, 0.1) is 5.92 Å². The minimum absolute atomic E-state index is 0.406. The molecule has 2 atom stereocenters. The highest BCUT2D eigenvalue weighted by Crippen LogP contribution is 2.10. The van der Waals surface area contributed by atoms with Crippen molar-refractivity contribution in [2.45, 2.75) is 32.7 Å². The molecule has 0 amide bonds. The predicted octanol–water partition coefficient (Wildman–Crippen LogP) is 0.587. The van der Waals surface area contributed by atoms with Crippen molar-refractivity contribution < 1.29 is 4.74 Å². The van der Waals surface area contributed by atoms with E-state index in [-0.39, 0.29) is 0 Å². The first-order valence-electron chi connectivity index (χ1n) is 6.06. The number of nitrogens with one attached hydrogen (secondary N) is 1. The lowest BCUT2D eigenvalue weighted by Gasteiger charge is -2.33. The fourth-order valence-corrected chi connectivity index (χ4v) is 2.00. The maximum atomic E-state index is 5.80. The molecule has 0 aromatic rings. The van der Waals surface area contributed by atoms with E-state index in [2.05, 4.69) is 24.3 Å². The minimum Gasteiger partial charge on any atom is -0.379 e. The van der Waals surface area contributed by atoms with Crippen LogP contribution < -0.4 is 11.2 Å². The van der Waals surface area contributed by atoms with E-state index in [4.69, 9.17) is 10.5 Å². The Hall–Kier alpha value is -0.160. The van der Waals surface area contributed by atoms with E-state index in [1.807, 2.05) is 0 Å². The molecule has 1 fully saturated rings. The van der Waals surface area contributed by atoms with Gasteiger partial charge in [-0.15, -0.1) is 0 Å². The van der Waals surface area contributed by atoms with Crippen LogP contribution in [0.2, 0.25) is 0 Å². The van der Waals surface area contributed by atoms with Crippen LogP contribution in [-0.2, 0) is 4.74 Å². The molecule has 0 spiro atoms. The van der Waals surface area contributed by atoms with E-state index in [1.54, 1.807) is 0 Å². The Labute approximate surface area is 93.1 Å². The van der Waals surface area contributed by atoms with Crippen molar-refractivity contribution >= 4 is 0 Å². The molecule has 1 rings (SSSR count). The summed E-state index contributed by atoms with van der Waals surface area (Å²) in [5.74, 6) is 0.642. The van der Waals surface area contributed by atoms with Gasteiger partial charge in [0.25, 0.3) is 0 Å². The number of hydrogen-bond acceptors (Lipinski definition) is 4. The van der Waals surface area contributed by atoms with E-state index in [1.165, 1.54) is 12.8 Å². The average Bonchev–Trinajstić information content (AvgIpc) is 2.27. The molecule has 1 aliphatic heterocycles. The predicted molar refractivity (Wildman–Crippen MR) is 62.4 cm³/mol. The Morgan fingerprint density at radius 1 is 1.40 bits per heavy atom. The molecule has 4 nitrogen and oxygen atoms in total. The molecule has 1 heterocycles. The molecule has 2 unspecified atom stereocenters. The van der Waals surface area contributed by atoms with Gasteiger partial charge in [-0.3, -0.25) is 5.43 Å². The smallest absolute Gasteiger partial charge is 0.0608 e. The van der Waals surface area contributed by atoms with Crippen LogP contribution in [-0.4, -0.2) is 43.9 Å². The fourth-order valence-electron chi connectivity index (χ4n) is 2.00. The number of nitrogens with zero attached hydrogens (tertiary/aromatic N) is 1. The molecule has 0 aromatic carbocycles. The highest BCUT2D eigenvalue weighted by Gasteiger charge is 2.19. The Morgan fingerprint density at radius 3 is 2.60 bits per heavy atom. The van der Waals surface area contributed by atoms with Gasteiger partial charge in [0.05, 0.1) is 13.2 Å². The molecule has 0 aliphatic carbocycles.